The molecule has 9 heteroatoms. The first-order chi connectivity index (χ1) is 13.7. The summed E-state index contributed by atoms with van der Waals surface area (Å²) in [7, 11) is 1.60. The highest BCUT2D eigenvalue weighted by atomic mass is 19.4. The first-order valence-corrected chi connectivity index (χ1v) is 8.73. The third-order valence-corrected chi connectivity index (χ3v) is 4.38. The van der Waals surface area contributed by atoms with Crippen molar-refractivity contribution in [3.8, 4) is 0 Å². The third kappa shape index (κ3) is 4.50. The topological polar surface area (TPSA) is 77.5 Å². The molecule has 1 amide bonds. The van der Waals surface area contributed by atoms with Crippen molar-refractivity contribution >= 4 is 23.1 Å². The van der Waals surface area contributed by atoms with Crippen molar-refractivity contribution in [2.75, 3.05) is 17.7 Å². The molecule has 1 aliphatic rings. The Morgan fingerprint density at radius 3 is 2.55 bits per heavy atom. The van der Waals surface area contributed by atoms with Crippen molar-refractivity contribution in [2.45, 2.75) is 19.3 Å². The number of alkyl halides is 3. The molecule has 0 saturated heterocycles. The van der Waals surface area contributed by atoms with Crippen LogP contribution in [0.3, 0.4) is 0 Å². The van der Waals surface area contributed by atoms with Gasteiger partial charge in [0.05, 0.1) is 28.3 Å². The lowest BCUT2D eigenvalue weighted by molar-refractivity contribution is -0.137. The number of aliphatic imine (C=N–C) groups is 1. The van der Waals surface area contributed by atoms with Crippen LogP contribution in [0.1, 0.15) is 34.6 Å². The zero-order valence-electron chi connectivity index (χ0n) is 15.8. The molecule has 1 atom stereocenters. The first kappa shape index (κ1) is 20.2. The SMILES string of the molecule is C=C(NC(=O)c1cccc2c1NC(c1cccc(C(F)(F)F)c1)N2)NC(C)=NC. The number of amidine groups is 1. The molecule has 1 aliphatic heterocycles. The summed E-state index contributed by atoms with van der Waals surface area (Å²) in [6.07, 6.45) is -5.03. The molecule has 6 nitrogen and oxygen atoms in total. The molecule has 0 radical (unpaired) electrons. The molecule has 0 spiro atoms. The van der Waals surface area contributed by atoms with Crippen molar-refractivity contribution in [1.29, 1.82) is 0 Å². The Bertz CT molecular complexity index is 984. The van der Waals surface area contributed by atoms with Gasteiger partial charge in [0.2, 0.25) is 0 Å². The summed E-state index contributed by atoms with van der Waals surface area (Å²) in [6, 6.07) is 10.1. The number of benzene rings is 2. The van der Waals surface area contributed by atoms with Gasteiger partial charge in [-0.3, -0.25) is 9.79 Å². The maximum atomic E-state index is 13.0. The Labute approximate surface area is 165 Å². The van der Waals surface area contributed by atoms with Crippen LogP contribution in [0.25, 0.3) is 0 Å². The van der Waals surface area contributed by atoms with E-state index in [9.17, 15) is 18.0 Å². The molecule has 2 aromatic carbocycles. The van der Waals surface area contributed by atoms with Crippen molar-refractivity contribution in [2.24, 2.45) is 4.99 Å². The number of nitrogens with zero attached hydrogens (tertiary/aromatic N) is 1. The van der Waals surface area contributed by atoms with Gasteiger partial charge in [0.1, 0.15) is 12.0 Å². The summed E-state index contributed by atoms with van der Waals surface area (Å²) in [4.78, 5) is 16.6. The zero-order chi connectivity index (χ0) is 21.2. The fourth-order valence-electron chi connectivity index (χ4n) is 2.92. The summed E-state index contributed by atoms with van der Waals surface area (Å²) in [5.74, 6) is 0.427. The first-order valence-electron chi connectivity index (χ1n) is 8.73. The molecular formula is C20H20F3N5O. The lowest BCUT2D eigenvalue weighted by Crippen LogP contribution is -2.33. The van der Waals surface area contributed by atoms with Gasteiger partial charge in [0.25, 0.3) is 5.91 Å². The largest absolute Gasteiger partial charge is 0.416 e. The monoisotopic (exact) mass is 403 g/mol. The Morgan fingerprint density at radius 1 is 1.14 bits per heavy atom. The zero-order valence-corrected chi connectivity index (χ0v) is 15.8. The van der Waals surface area contributed by atoms with Gasteiger partial charge in [-0.05, 0) is 36.8 Å². The van der Waals surface area contributed by atoms with E-state index in [2.05, 4.69) is 32.8 Å². The van der Waals surface area contributed by atoms with Crippen LogP contribution in [-0.4, -0.2) is 18.8 Å². The second-order valence-electron chi connectivity index (χ2n) is 6.44. The van der Waals surface area contributed by atoms with Gasteiger partial charge in [-0.15, -0.1) is 0 Å². The number of hydrogen-bond donors (Lipinski definition) is 4. The third-order valence-electron chi connectivity index (χ3n) is 4.38. The van der Waals surface area contributed by atoms with Crippen molar-refractivity contribution in [3.05, 3.63) is 71.6 Å². The van der Waals surface area contributed by atoms with E-state index >= 15 is 0 Å². The van der Waals surface area contributed by atoms with E-state index in [1.807, 2.05) is 0 Å². The maximum absolute atomic E-state index is 13.0. The standard InChI is InChI=1S/C20H20F3N5O/c1-11(24-3)25-12(2)26-19(29)15-8-5-9-16-17(15)28-18(27-16)13-6-4-7-14(10-13)20(21,22)23/h4-10,18,27-28H,2H2,1,3H3,(H,24,25)(H,26,29). The fraction of sp³-hybridized carbons (Fsp3) is 0.200. The van der Waals surface area contributed by atoms with Gasteiger partial charge >= 0.3 is 6.18 Å². The number of amides is 1. The average Bonchev–Trinajstić information content (AvgIpc) is 3.11. The van der Waals surface area contributed by atoms with E-state index in [-0.39, 0.29) is 5.82 Å². The quantitative estimate of drug-likeness (QED) is 0.458. The molecule has 3 rings (SSSR count). The average molecular weight is 403 g/mol. The van der Waals surface area contributed by atoms with Gasteiger partial charge < -0.3 is 21.3 Å². The minimum Gasteiger partial charge on any atom is -0.360 e. The summed E-state index contributed by atoms with van der Waals surface area (Å²) < 4.78 is 39.0. The fourth-order valence-corrected chi connectivity index (χ4v) is 2.92. The van der Waals surface area contributed by atoms with E-state index in [4.69, 9.17) is 0 Å². The number of rotatable bonds is 4. The molecule has 1 unspecified atom stereocenters. The normalized spacial score (nSPS) is 15.8. The van der Waals surface area contributed by atoms with Gasteiger partial charge in [-0.25, -0.2) is 0 Å². The molecular weight excluding hydrogens is 383 g/mol. The second-order valence-corrected chi connectivity index (χ2v) is 6.44. The van der Waals surface area contributed by atoms with Crippen LogP contribution in [0.2, 0.25) is 0 Å². The Morgan fingerprint density at radius 2 is 1.86 bits per heavy atom. The maximum Gasteiger partial charge on any atom is 0.416 e. The molecule has 0 aliphatic carbocycles. The van der Waals surface area contributed by atoms with Gasteiger partial charge in [-0.1, -0.05) is 24.8 Å². The summed E-state index contributed by atoms with van der Waals surface area (Å²) in [5.41, 5.74) is 1.12. The molecule has 2 aromatic rings. The van der Waals surface area contributed by atoms with E-state index in [0.717, 1.165) is 12.1 Å². The molecule has 1 heterocycles. The van der Waals surface area contributed by atoms with Crippen LogP contribution in [0.5, 0.6) is 0 Å². The molecule has 29 heavy (non-hydrogen) atoms. The minimum absolute atomic E-state index is 0.260. The van der Waals surface area contributed by atoms with Gasteiger partial charge in [-0.2, -0.15) is 13.2 Å². The number of fused-ring (bicyclic) bond motifs is 1. The van der Waals surface area contributed by atoms with Crippen LogP contribution in [0, 0.1) is 0 Å². The number of para-hydroxylation sites is 1. The minimum atomic E-state index is -4.43. The summed E-state index contributed by atoms with van der Waals surface area (Å²) in [6.45, 7) is 5.46. The van der Waals surface area contributed by atoms with Crippen LogP contribution in [0.4, 0.5) is 24.5 Å². The summed E-state index contributed by atoms with van der Waals surface area (Å²) in [5, 5.41) is 11.7. The number of anilines is 2. The van der Waals surface area contributed by atoms with Crippen molar-refractivity contribution in [3.63, 3.8) is 0 Å². The molecule has 0 aromatic heterocycles. The van der Waals surface area contributed by atoms with E-state index in [1.165, 1.54) is 6.07 Å². The van der Waals surface area contributed by atoms with E-state index in [1.54, 1.807) is 38.2 Å². The van der Waals surface area contributed by atoms with Crippen molar-refractivity contribution in [1.82, 2.24) is 10.6 Å². The van der Waals surface area contributed by atoms with Crippen LogP contribution in [0.15, 0.2) is 59.9 Å². The van der Waals surface area contributed by atoms with Crippen LogP contribution in [-0.2, 0) is 6.18 Å². The molecule has 4 N–H and O–H groups in total. The molecule has 152 valence electrons. The molecule has 0 fully saturated rings. The van der Waals surface area contributed by atoms with Crippen molar-refractivity contribution < 1.29 is 18.0 Å². The number of nitrogens with one attached hydrogen (secondary N) is 4. The highest BCUT2D eigenvalue weighted by Crippen LogP contribution is 2.39. The van der Waals surface area contributed by atoms with Gasteiger partial charge in [0.15, 0.2) is 0 Å². The lowest BCUT2D eigenvalue weighted by Gasteiger charge is -2.15. The van der Waals surface area contributed by atoms with Gasteiger partial charge in [0, 0.05) is 7.05 Å². The molecule has 0 bridgehead atoms. The highest BCUT2D eigenvalue weighted by molar-refractivity contribution is 6.04. The van der Waals surface area contributed by atoms with Crippen LogP contribution >= 0.6 is 0 Å². The predicted molar refractivity (Wildman–Crippen MR) is 107 cm³/mol. The number of carbonyl (C=O) groups is 1. The number of carbonyl (C=O) groups excluding carboxylic acids is 1. The highest BCUT2D eigenvalue weighted by Gasteiger charge is 2.32. The van der Waals surface area contributed by atoms with Crippen LogP contribution < -0.4 is 21.3 Å². The smallest absolute Gasteiger partial charge is 0.360 e. The Balaban J connectivity index is 1.80. The lowest BCUT2D eigenvalue weighted by atomic mass is 10.1. The second kappa shape index (κ2) is 7.86. The predicted octanol–water partition coefficient (Wildman–Crippen LogP) is 4.08. The molecule has 0 saturated carbocycles. The number of hydrogen-bond acceptors (Lipinski definition) is 4. The van der Waals surface area contributed by atoms with E-state index < -0.39 is 23.8 Å². The summed E-state index contributed by atoms with van der Waals surface area (Å²) >= 11 is 0. The number of halogens is 3. The Kier molecular flexibility index (Phi) is 5.49. The Hall–Kier alpha value is -3.49. The van der Waals surface area contributed by atoms with E-state index in [0.29, 0.717) is 28.3 Å².